The molecule has 1 atom stereocenters. The molecule has 0 aromatic heterocycles. The number of aliphatic imine (C=N–C) groups is 1. The fourth-order valence-corrected chi connectivity index (χ4v) is 1.32. The molecule has 78 valence electrons. The quantitative estimate of drug-likeness (QED) is 0.268. The van der Waals surface area contributed by atoms with Gasteiger partial charge >= 0.3 is 0 Å². The van der Waals surface area contributed by atoms with Crippen LogP contribution in [0.5, 0.6) is 0 Å². The minimum atomic E-state index is -0.456. The van der Waals surface area contributed by atoms with E-state index in [0.29, 0.717) is 6.54 Å². The summed E-state index contributed by atoms with van der Waals surface area (Å²) in [5, 5.41) is 12.3. The van der Waals surface area contributed by atoms with Gasteiger partial charge in [0.2, 0.25) is 0 Å². The molecule has 0 aliphatic carbocycles. The maximum atomic E-state index is 10.4. The molecular weight excluding hydrogens is 236 g/mol. The molecular formula is C9H7ClN2O2S. The van der Waals surface area contributed by atoms with Crippen LogP contribution in [0.3, 0.4) is 0 Å². The first-order chi connectivity index (χ1) is 7.15. The number of halogens is 1. The molecule has 6 heteroatoms. The van der Waals surface area contributed by atoms with Crippen molar-refractivity contribution in [1.82, 2.24) is 0 Å². The van der Waals surface area contributed by atoms with E-state index in [9.17, 15) is 10.1 Å². The lowest BCUT2D eigenvalue weighted by Gasteiger charge is -2.04. The van der Waals surface area contributed by atoms with Gasteiger partial charge in [-0.3, -0.25) is 10.1 Å². The van der Waals surface area contributed by atoms with Gasteiger partial charge in [0.25, 0.3) is 5.69 Å². The van der Waals surface area contributed by atoms with Crippen LogP contribution in [0, 0.1) is 10.1 Å². The van der Waals surface area contributed by atoms with Gasteiger partial charge in [-0.05, 0) is 17.8 Å². The average Bonchev–Trinajstić information content (AvgIpc) is 2.26. The molecule has 1 rings (SSSR count). The zero-order valence-electron chi connectivity index (χ0n) is 7.59. The largest absolute Gasteiger partial charge is 0.269 e. The summed E-state index contributed by atoms with van der Waals surface area (Å²) in [4.78, 5) is 13.6. The Morgan fingerprint density at radius 3 is 2.60 bits per heavy atom. The SMILES string of the molecule is O=[N+]([O-])c1ccc(C(Cl)CN=C=S)cc1. The van der Waals surface area contributed by atoms with Crippen molar-refractivity contribution in [1.29, 1.82) is 0 Å². The van der Waals surface area contributed by atoms with E-state index < -0.39 is 4.92 Å². The van der Waals surface area contributed by atoms with Gasteiger partial charge in [0.1, 0.15) is 0 Å². The summed E-state index contributed by atoms with van der Waals surface area (Å²) in [6.45, 7) is 0.322. The summed E-state index contributed by atoms with van der Waals surface area (Å²) in [5.74, 6) is 0. The third-order valence-electron chi connectivity index (χ3n) is 1.78. The van der Waals surface area contributed by atoms with Crippen LogP contribution in [-0.4, -0.2) is 16.6 Å². The van der Waals surface area contributed by atoms with Crippen molar-refractivity contribution >= 4 is 34.7 Å². The van der Waals surface area contributed by atoms with Crippen molar-refractivity contribution < 1.29 is 4.92 Å². The number of benzene rings is 1. The molecule has 0 radical (unpaired) electrons. The number of non-ortho nitro benzene ring substituents is 1. The molecule has 0 saturated heterocycles. The summed E-state index contributed by atoms with van der Waals surface area (Å²) in [7, 11) is 0. The number of isothiocyanates is 1. The van der Waals surface area contributed by atoms with Gasteiger partial charge in [0, 0.05) is 12.1 Å². The lowest BCUT2D eigenvalue weighted by atomic mass is 10.1. The Balaban J connectivity index is 2.79. The third-order valence-corrected chi connectivity index (χ3v) is 2.30. The van der Waals surface area contributed by atoms with E-state index in [1.54, 1.807) is 12.1 Å². The molecule has 0 aliphatic rings. The highest BCUT2D eigenvalue weighted by Crippen LogP contribution is 2.22. The zero-order chi connectivity index (χ0) is 11.3. The fraction of sp³-hybridized carbons (Fsp3) is 0.222. The Morgan fingerprint density at radius 2 is 2.13 bits per heavy atom. The highest BCUT2D eigenvalue weighted by molar-refractivity contribution is 7.78. The number of nitro groups is 1. The zero-order valence-corrected chi connectivity index (χ0v) is 9.16. The molecule has 0 spiro atoms. The first kappa shape index (κ1) is 11.8. The topological polar surface area (TPSA) is 55.5 Å². The van der Waals surface area contributed by atoms with Crippen LogP contribution < -0.4 is 0 Å². The van der Waals surface area contributed by atoms with E-state index in [0.717, 1.165) is 5.56 Å². The van der Waals surface area contributed by atoms with Crippen molar-refractivity contribution in [3.63, 3.8) is 0 Å². The Hall–Kier alpha value is -1.29. The highest BCUT2D eigenvalue weighted by atomic mass is 35.5. The van der Waals surface area contributed by atoms with Crippen molar-refractivity contribution in [2.45, 2.75) is 5.38 Å². The van der Waals surface area contributed by atoms with Gasteiger partial charge in [-0.2, -0.15) is 0 Å². The van der Waals surface area contributed by atoms with Crippen molar-refractivity contribution in [2.24, 2.45) is 4.99 Å². The minimum absolute atomic E-state index is 0.0425. The van der Waals surface area contributed by atoms with Gasteiger partial charge in [-0.25, -0.2) is 4.99 Å². The fourth-order valence-electron chi connectivity index (χ4n) is 1.03. The molecule has 0 heterocycles. The number of hydrogen-bond acceptors (Lipinski definition) is 4. The first-order valence-electron chi connectivity index (χ1n) is 4.07. The number of hydrogen-bond donors (Lipinski definition) is 0. The van der Waals surface area contributed by atoms with Crippen LogP contribution in [0.1, 0.15) is 10.9 Å². The minimum Gasteiger partial charge on any atom is -0.258 e. The van der Waals surface area contributed by atoms with Crippen LogP contribution >= 0.6 is 23.8 Å². The number of nitro benzene ring substituents is 1. The summed E-state index contributed by atoms with van der Waals surface area (Å²) >= 11 is 10.4. The van der Waals surface area contributed by atoms with E-state index in [-0.39, 0.29) is 11.1 Å². The van der Waals surface area contributed by atoms with Crippen molar-refractivity contribution in [2.75, 3.05) is 6.54 Å². The second kappa shape index (κ2) is 5.56. The molecule has 0 amide bonds. The summed E-state index contributed by atoms with van der Waals surface area (Å²) in [6.07, 6.45) is 0. The predicted octanol–water partition coefficient (Wildman–Crippen LogP) is 2.98. The molecule has 15 heavy (non-hydrogen) atoms. The van der Waals surface area contributed by atoms with E-state index in [1.807, 2.05) is 0 Å². The maximum absolute atomic E-state index is 10.4. The molecule has 0 aliphatic heterocycles. The lowest BCUT2D eigenvalue weighted by molar-refractivity contribution is -0.384. The predicted molar refractivity (Wildman–Crippen MR) is 61.6 cm³/mol. The van der Waals surface area contributed by atoms with E-state index in [1.165, 1.54) is 12.1 Å². The molecule has 0 fully saturated rings. The molecule has 4 nitrogen and oxygen atoms in total. The van der Waals surface area contributed by atoms with Crippen LogP contribution in [0.25, 0.3) is 0 Å². The van der Waals surface area contributed by atoms with E-state index in [2.05, 4.69) is 22.4 Å². The molecule has 0 bridgehead atoms. The van der Waals surface area contributed by atoms with Crippen molar-refractivity contribution in [3.8, 4) is 0 Å². The average molecular weight is 243 g/mol. The molecule has 1 aromatic carbocycles. The van der Waals surface area contributed by atoms with Crippen LogP contribution in [0.15, 0.2) is 29.3 Å². The van der Waals surface area contributed by atoms with Gasteiger partial charge < -0.3 is 0 Å². The Bertz CT molecular complexity index is 401. The van der Waals surface area contributed by atoms with Crippen LogP contribution in [-0.2, 0) is 0 Å². The molecule has 1 unspecified atom stereocenters. The third kappa shape index (κ3) is 3.40. The lowest BCUT2D eigenvalue weighted by Crippen LogP contribution is -1.95. The standard InChI is InChI=1S/C9H7ClN2O2S/c10-9(5-11-6-15)7-1-3-8(4-2-7)12(13)14/h1-4,9H,5H2. The number of alkyl halides is 1. The Morgan fingerprint density at radius 1 is 1.53 bits per heavy atom. The van der Waals surface area contributed by atoms with E-state index in [4.69, 9.17) is 11.6 Å². The summed E-state index contributed by atoms with van der Waals surface area (Å²) in [6, 6.07) is 6.03. The van der Waals surface area contributed by atoms with Gasteiger partial charge in [0.15, 0.2) is 0 Å². The van der Waals surface area contributed by atoms with E-state index >= 15 is 0 Å². The Labute approximate surface area is 96.7 Å². The summed E-state index contributed by atoms with van der Waals surface area (Å²) < 4.78 is 0. The number of rotatable bonds is 4. The smallest absolute Gasteiger partial charge is 0.258 e. The Kier molecular flexibility index (Phi) is 4.37. The second-order valence-corrected chi connectivity index (χ2v) is 3.46. The molecule has 1 aromatic rings. The van der Waals surface area contributed by atoms with Crippen LogP contribution in [0.2, 0.25) is 0 Å². The summed E-state index contributed by atoms with van der Waals surface area (Å²) in [5.41, 5.74) is 0.817. The van der Waals surface area contributed by atoms with Gasteiger partial charge in [0.05, 0.1) is 22.0 Å². The molecule has 0 saturated carbocycles. The van der Waals surface area contributed by atoms with Gasteiger partial charge in [-0.1, -0.05) is 12.1 Å². The van der Waals surface area contributed by atoms with Crippen LogP contribution in [0.4, 0.5) is 5.69 Å². The van der Waals surface area contributed by atoms with Crippen molar-refractivity contribution in [3.05, 3.63) is 39.9 Å². The monoisotopic (exact) mass is 242 g/mol. The number of nitrogens with zero attached hydrogens (tertiary/aromatic N) is 2. The normalized spacial score (nSPS) is 11.5. The highest BCUT2D eigenvalue weighted by Gasteiger charge is 2.09. The molecule has 0 N–H and O–H groups in total. The number of thiocarbonyl (C=S) groups is 1. The first-order valence-corrected chi connectivity index (χ1v) is 4.91. The second-order valence-electron chi connectivity index (χ2n) is 2.75. The maximum Gasteiger partial charge on any atom is 0.269 e. The van der Waals surface area contributed by atoms with Gasteiger partial charge in [-0.15, -0.1) is 11.6 Å².